The van der Waals surface area contributed by atoms with Crippen LogP contribution in [0.4, 0.5) is 0 Å². The number of hydrogen-bond acceptors (Lipinski definition) is 4. The molecule has 1 unspecified atom stereocenters. The Bertz CT molecular complexity index is 131. The standard InChI is InChI=1S/C8H18N2O2.H3N/c1-2-10-7(8(11)12)5-3-4-6-9;/h7,10H,2-6,9H2,1H3,(H,11,12);1H3. The van der Waals surface area contributed by atoms with Crippen molar-refractivity contribution in [1.82, 2.24) is 11.5 Å². The van der Waals surface area contributed by atoms with Crippen molar-refractivity contribution in [3.8, 4) is 0 Å². The van der Waals surface area contributed by atoms with Crippen LogP contribution in [-0.2, 0) is 4.79 Å². The van der Waals surface area contributed by atoms with Crippen molar-refractivity contribution >= 4 is 5.97 Å². The van der Waals surface area contributed by atoms with Crippen molar-refractivity contribution in [2.45, 2.75) is 32.2 Å². The van der Waals surface area contributed by atoms with Crippen LogP contribution in [-0.4, -0.2) is 30.2 Å². The van der Waals surface area contributed by atoms with E-state index in [4.69, 9.17) is 10.8 Å². The van der Waals surface area contributed by atoms with Crippen LogP contribution >= 0.6 is 0 Å². The fourth-order valence-corrected chi connectivity index (χ4v) is 1.05. The molecular weight excluding hydrogens is 170 g/mol. The number of aliphatic carboxylic acids is 1. The fraction of sp³-hybridized carbons (Fsp3) is 0.875. The minimum Gasteiger partial charge on any atom is -0.480 e. The second-order valence-corrected chi connectivity index (χ2v) is 2.73. The first-order valence-electron chi connectivity index (χ1n) is 4.38. The Morgan fingerprint density at radius 3 is 2.54 bits per heavy atom. The molecule has 0 aliphatic rings. The Labute approximate surface area is 79.3 Å². The lowest BCUT2D eigenvalue weighted by molar-refractivity contribution is -0.139. The van der Waals surface area contributed by atoms with Gasteiger partial charge < -0.3 is 22.3 Å². The third-order valence-electron chi connectivity index (χ3n) is 1.70. The zero-order chi connectivity index (χ0) is 9.40. The first kappa shape index (κ1) is 14.9. The summed E-state index contributed by atoms with van der Waals surface area (Å²) in [4.78, 5) is 10.6. The summed E-state index contributed by atoms with van der Waals surface area (Å²) in [6.07, 6.45) is 2.44. The Kier molecular flexibility index (Phi) is 10.8. The van der Waals surface area contributed by atoms with Crippen LogP contribution in [0.1, 0.15) is 26.2 Å². The van der Waals surface area contributed by atoms with Gasteiger partial charge in [0.1, 0.15) is 6.04 Å². The molecule has 0 aromatic carbocycles. The van der Waals surface area contributed by atoms with Gasteiger partial charge in [-0.25, -0.2) is 0 Å². The Balaban J connectivity index is 0. The first-order valence-corrected chi connectivity index (χ1v) is 4.38. The molecule has 0 saturated heterocycles. The van der Waals surface area contributed by atoms with Gasteiger partial charge in [0.15, 0.2) is 0 Å². The molecule has 0 rings (SSSR count). The smallest absolute Gasteiger partial charge is 0.320 e. The molecule has 0 aromatic rings. The lowest BCUT2D eigenvalue weighted by atomic mass is 10.1. The molecule has 0 heterocycles. The van der Waals surface area contributed by atoms with Gasteiger partial charge in [0, 0.05) is 0 Å². The van der Waals surface area contributed by atoms with Crippen LogP contribution in [0.3, 0.4) is 0 Å². The van der Waals surface area contributed by atoms with Gasteiger partial charge in [-0.1, -0.05) is 13.3 Å². The van der Waals surface area contributed by atoms with E-state index in [2.05, 4.69) is 5.32 Å². The molecule has 0 amide bonds. The lowest BCUT2D eigenvalue weighted by Gasteiger charge is -2.11. The van der Waals surface area contributed by atoms with Gasteiger partial charge in [-0.15, -0.1) is 0 Å². The molecule has 0 fully saturated rings. The predicted molar refractivity (Wildman–Crippen MR) is 53.0 cm³/mol. The number of carbonyl (C=O) groups is 1. The average molecular weight is 191 g/mol. The number of unbranched alkanes of at least 4 members (excludes halogenated alkanes) is 1. The molecule has 0 spiro atoms. The zero-order valence-electron chi connectivity index (χ0n) is 8.25. The number of carboxylic acid groups (broad SMARTS) is 1. The zero-order valence-corrected chi connectivity index (χ0v) is 8.25. The molecule has 0 saturated carbocycles. The summed E-state index contributed by atoms with van der Waals surface area (Å²) < 4.78 is 0. The van der Waals surface area contributed by atoms with Crippen molar-refractivity contribution in [2.24, 2.45) is 5.73 Å². The molecule has 0 radical (unpaired) electrons. The van der Waals surface area contributed by atoms with Gasteiger partial charge in [-0.3, -0.25) is 4.79 Å². The van der Waals surface area contributed by atoms with Gasteiger partial charge in [-0.05, 0) is 25.9 Å². The fourth-order valence-electron chi connectivity index (χ4n) is 1.05. The first-order chi connectivity index (χ1) is 5.72. The number of nitrogens with one attached hydrogen (secondary N) is 1. The maximum atomic E-state index is 10.6. The van der Waals surface area contributed by atoms with Gasteiger partial charge in [0.05, 0.1) is 0 Å². The highest BCUT2D eigenvalue weighted by molar-refractivity contribution is 5.73. The largest absolute Gasteiger partial charge is 0.480 e. The van der Waals surface area contributed by atoms with Crippen LogP contribution in [0, 0.1) is 0 Å². The molecule has 0 aliphatic carbocycles. The Morgan fingerprint density at radius 1 is 1.54 bits per heavy atom. The summed E-state index contributed by atoms with van der Waals surface area (Å²) in [6, 6.07) is -0.401. The van der Waals surface area contributed by atoms with Crippen molar-refractivity contribution < 1.29 is 9.90 Å². The van der Waals surface area contributed by atoms with Crippen LogP contribution < -0.4 is 17.2 Å². The highest BCUT2D eigenvalue weighted by Crippen LogP contribution is 1.99. The van der Waals surface area contributed by atoms with E-state index >= 15 is 0 Å². The topological polar surface area (TPSA) is 110 Å². The van der Waals surface area contributed by atoms with Crippen LogP contribution in [0.5, 0.6) is 0 Å². The van der Waals surface area contributed by atoms with E-state index in [1.54, 1.807) is 0 Å². The van der Waals surface area contributed by atoms with E-state index in [1.807, 2.05) is 6.92 Å². The SMILES string of the molecule is CCNC(CCCCN)C(=O)O.N. The van der Waals surface area contributed by atoms with Gasteiger partial charge in [0.25, 0.3) is 0 Å². The molecule has 7 N–H and O–H groups in total. The van der Waals surface area contributed by atoms with Crippen molar-refractivity contribution in [1.29, 1.82) is 0 Å². The minimum atomic E-state index is -0.770. The maximum Gasteiger partial charge on any atom is 0.320 e. The highest BCUT2D eigenvalue weighted by atomic mass is 16.4. The highest BCUT2D eigenvalue weighted by Gasteiger charge is 2.14. The van der Waals surface area contributed by atoms with Gasteiger partial charge in [0.2, 0.25) is 0 Å². The van der Waals surface area contributed by atoms with E-state index in [9.17, 15) is 4.79 Å². The van der Waals surface area contributed by atoms with E-state index < -0.39 is 12.0 Å². The number of rotatable bonds is 7. The average Bonchev–Trinajstić information content (AvgIpc) is 2.03. The van der Waals surface area contributed by atoms with Gasteiger partial charge >= 0.3 is 5.97 Å². The summed E-state index contributed by atoms with van der Waals surface area (Å²) in [5, 5.41) is 11.6. The normalized spacial score (nSPS) is 11.8. The van der Waals surface area contributed by atoms with E-state index in [0.29, 0.717) is 19.5 Å². The molecular formula is C8H21N3O2. The predicted octanol–water partition coefficient (Wildman–Crippen LogP) is 0.340. The number of nitrogens with two attached hydrogens (primary N) is 1. The minimum absolute atomic E-state index is 0. The second-order valence-electron chi connectivity index (χ2n) is 2.73. The summed E-state index contributed by atoms with van der Waals surface area (Å²) in [6.45, 7) is 3.23. The van der Waals surface area contributed by atoms with E-state index in [-0.39, 0.29) is 6.15 Å². The third kappa shape index (κ3) is 7.70. The molecule has 13 heavy (non-hydrogen) atoms. The molecule has 5 heteroatoms. The van der Waals surface area contributed by atoms with Crippen molar-refractivity contribution in [2.75, 3.05) is 13.1 Å². The van der Waals surface area contributed by atoms with Gasteiger partial charge in [-0.2, -0.15) is 0 Å². The molecule has 0 aromatic heterocycles. The molecule has 80 valence electrons. The summed E-state index contributed by atoms with van der Waals surface area (Å²) >= 11 is 0. The van der Waals surface area contributed by atoms with E-state index in [0.717, 1.165) is 12.8 Å². The molecule has 0 bridgehead atoms. The lowest BCUT2D eigenvalue weighted by Crippen LogP contribution is -2.36. The van der Waals surface area contributed by atoms with Crippen LogP contribution in [0.2, 0.25) is 0 Å². The number of likely N-dealkylation sites (N-methyl/N-ethyl adjacent to an activating group) is 1. The monoisotopic (exact) mass is 191 g/mol. The summed E-state index contributed by atoms with van der Waals surface area (Å²) in [7, 11) is 0. The Hall–Kier alpha value is -0.650. The number of hydrogen-bond donors (Lipinski definition) is 4. The van der Waals surface area contributed by atoms with Crippen LogP contribution in [0.15, 0.2) is 0 Å². The Morgan fingerprint density at radius 2 is 2.15 bits per heavy atom. The summed E-state index contributed by atoms with van der Waals surface area (Å²) in [5.41, 5.74) is 5.30. The maximum absolute atomic E-state index is 10.6. The van der Waals surface area contributed by atoms with Crippen molar-refractivity contribution in [3.63, 3.8) is 0 Å². The molecule has 0 aliphatic heterocycles. The molecule has 5 nitrogen and oxygen atoms in total. The second kappa shape index (κ2) is 9.44. The number of carboxylic acids is 1. The quantitative estimate of drug-likeness (QED) is 0.434. The van der Waals surface area contributed by atoms with Crippen LogP contribution in [0.25, 0.3) is 0 Å². The molecule has 1 atom stereocenters. The van der Waals surface area contributed by atoms with E-state index in [1.165, 1.54) is 0 Å². The van der Waals surface area contributed by atoms with Crippen molar-refractivity contribution in [3.05, 3.63) is 0 Å². The third-order valence-corrected chi connectivity index (χ3v) is 1.70. The summed E-state index contributed by atoms with van der Waals surface area (Å²) in [5.74, 6) is -0.770.